The summed E-state index contributed by atoms with van der Waals surface area (Å²) in [5.41, 5.74) is 4.46. The lowest BCUT2D eigenvalue weighted by Gasteiger charge is -2.28. The van der Waals surface area contributed by atoms with Crippen LogP contribution >= 0.6 is 0 Å². The fourth-order valence-electron chi connectivity index (χ4n) is 3.05. The minimum absolute atomic E-state index is 0.0969. The molecule has 0 amide bonds. The molecule has 2 rings (SSSR count). The molecule has 3 nitrogen and oxygen atoms in total. The van der Waals surface area contributed by atoms with E-state index in [0.29, 0.717) is 6.32 Å². The molecule has 1 heterocycles. The molecule has 4 heteroatoms. The maximum Gasteiger partial charge on any atom is 0.458 e. The highest BCUT2D eigenvalue weighted by molar-refractivity contribution is 6.43. The molecule has 0 bridgehead atoms. The van der Waals surface area contributed by atoms with Crippen molar-refractivity contribution < 1.29 is 14.8 Å². The van der Waals surface area contributed by atoms with Crippen molar-refractivity contribution in [1.29, 1.82) is 0 Å². The van der Waals surface area contributed by atoms with E-state index in [-0.39, 0.29) is 11.9 Å². The first kappa shape index (κ1) is 18.6. The minimum Gasteiger partial charge on any atom is -0.508 e. The second kappa shape index (κ2) is 8.90. The predicted molar refractivity (Wildman–Crippen MR) is 101 cm³/mol. The van der Waals surface area contributed by atoms with E-state index in [2.05, 4.69) is 32.6 Å². The lowest BCUT2D eigenvalue weighted by Crippen LogP contribution is -2.31. The number of hydrogen-bond donors (Lipinski definition) is 2. The van der Waals surface area contributed by atoms with Crippen molar-refractivity contribution in [1.82, 2.24) is 0 Å². The molecule has 1 aliphatic rings. The van der Waals surface area contributed by atoms with Gasteiger partial charge in [-0.1, -0.05) is 49.8 Å². The normalized spacial score (nSPS) is 18.5. The summed E-state index contributed by atoms with van der Waals surface area (Å²) in [6, 6.07) is 7.22. The molecule has 24 heavy (non-hydrogen) atoms. The smallest absolute Gasteiger partial charge is 0.458 e. The summed E-state index contributed by atoms with van der Waals surface area (Å²) in [7, 11) is -0.719. The Balaban J connectivity index is 2.01. The van der Waals surface area contributed by atoms with Crippen LogP contribution in [0.5, 0.6) is 5.75 Å². The van der Waals surface area contributed by atoms with Gasteiger partial charge in [-0.05, 0) is 55.0 Å². The van der Waals surface area contributed by atoms with Crippen molar-refractivity contribution in [2.45, 2.75) is 52.0 Å². The van der Waals surface area contributed by atoms with Crippen LogP contribution in [0.3, 0.4) is 0 Å². The Hall–Kier alpha value is -1.78. The quantitative estimate of drug-likeness (QED) is 0.712. The van der Waals surface area contributed by atoms with Crippen LogP contribution in [0.25, 0.3) is 6.08 Å². The summed E-state index contributed by atoms with van der Waals surface area (Å²) in [5.74, 6) is 0.274. The molecule has 1 aromatic carbocycles. The number of benzene rings is 1. The minimum atomic E-state index is -0.719. The van der Waals surface area contributed by atoms with E-state index in [4.69, 9.17) is 4.65 Å². The second-order valence-corrected chi connectivity index (χ2v) is 6.45. The molecule has 0 saturated heterocycles. The van der Waals surface area contributed by atoms with Gasteiger partial charge in [-0.25, -0.2) is 0 Å². The van der Waals surface area contributed by atoms with Crippen molar-refractivity contribution in [2.24, 2.45) is 0 Å². The number of phenolic OH excluding ortho intramolecular Hbond substituents is 1. The largest absolute Gasteiger partial charge is 0.508 e. The molecular weight excluding hydrogens is 299 g/mol. The average molecular weight is 326 g/mol. The Morgan fingerprint density at radius 1 is 1.42 bits per heavy atom. The van der Waals surface area contributed by atoms with E-state index in [1.807, 2.05) is 12.1 Å². The van der Waals surface area contributed by atoms with Crippen LogP contribution in [0.2, 0.25) is 6.32 Å². The molecule has 0 radical (unpaired) electrons. The monoisotopic (exact) mass is 326 g/mol. The Morgan fingerprint density at radius 3 is 2.92 bits per heavy atom. The molecule has 0 aliphatic carbocycles. The van der Waals surface area contributed by atoms with Crippen LogP contribution in [0, 0.1) is 0 Å². The van der Waals surface area contributed by atoms with Gasteiger partial charge in [-0.2, -0.15) is 0 Å². The summed E-state index contributed by atoms with van der Waals surface area (Å²) in [4.78, 5) is 0. The third kappa shape index (κ3) is 5.39. The highest BCUT2D eigenvalue weighted by Crippen LogP contribution is 2.29. The Morgan fingerprint density at radius 2 is 2.21 bits per heavy atom. The number of phenols is 1. The zero-order valence-corrected chi connectivity index (χ0v) is 14.7. The number of aromatic hydroxyl groups is 1. The molecule has 1 aliphatic heterocycles. The number of hydrogen-bond acceptors (Lipinski definition) is 3. The standard InChI is InChI=1S/C20H27BO3/c1-4-6-16(3)19-11-12-21(23)24-20(19)10-9-15(2)13-17-7-5-8-18(22)14-17/h5,7-8,11,13-14,20,22-23H,3-4,6,9-10,12H2,1-2H3/b15-13+. The van der Waals surface area contributed by atoms with Crippen molar-refractivity contribution in [3.05, 3.63) is 59.2 Å². The first-order valence-corrected chi connectivity index (χ1v) is 8.67. The van der Waals surface area contributed by atoms with Gasteiger partial charge in [0.25, 0.3) is 0 Å². The van der Waals surface area contributed by atoms with Crippen molar-refractivity contribution >= 4 is 13.2 Å². The van der Waals surface area contributed by atoms with Gasteiger partial charge in [-0.3, -0.25) is 0 Å². The summed E-state index contributed by atoms with van der Waals surface area (Å²) < 4.78 is 5.75. The van der Waals surface area contributed by atoms with Gasteiger partial charge in [0.05, 0.1) is 6.10 Å². The highest BCUT2D eigenvalue weighted by Gasteiger charge is 2.27. The van der Waals surface area contributed by atoms with Crippen molar-refractivity contribution in [2.75, 3.05) is 0 Å². The van der Waals surface area contributed by atoms with Crippen LogP contribution in [0.15, 0.2) is 53.6 Å². The van der Waals surface area contributed by atoms with Crippen LogP contribution in [0.4, 0.5) is 0 Å². The fraction of sp³-hybridized carbons (Fsp3) is 0.400. The zero-order chi connectivity index (χ0) is 17.5. The maximum absolute atomic E-state index is 9.80. The Labute approximate surface area is 145 Å². The Bertz CT molecular complexity index is 634. The number of rotatable bonds is 7. The van der Waals surface area contributed by atoms with Gasteiger partial charge in [0.15, 0.2) is 0 Å². The van der Waals surface area contributed by atoms with E-state index in [1.54, 1.807) is 12.1 Å². The number of allylic oxidation sites excluding steroid dienone is 2. The molecule has 0 spiro atoms. The van der Waals surface area contributed by atoms with E-state index in [1.165, 1.54) is 5.57 Å². The van der Waals surface area contributed by atoms with Crippen LogP contribution in [-0.2, 0) is 4.65 Å². The van der Waals surface area contributed by atoms with E-state index in [0.717, 1.165) is 42.4 Å². The van der Waals surface area contributed by atoms with Gasteiger partial charge in [0.2, 0.25) is 0 Å². The lowest BCUT2D eigenvalue weighted by atomic mass is 9.77. The lowest BCUT2D eigenvalue weighted by molar-refractivity contribution is 0.183. The molecule has 128 valence electrons. The molecule has 1 unspecified atom stereocenters. The molecular formula is C20H27BO3. The second-order valence-electron chi connectivity index (χ2n) is 6.45. The third-order valence-electron chi connectivity index (χ3n) is 4.25. The molecule has 1 aromatic rings. The van der Waals surface area contributed by atoms with E-state index in [9.17, 15) is 10.1 Å². The molecule has 0 saturated carbocycles. The van der Waals surface area contributed by atoms with Gasteiger partial charge >= 0.3 is 7.12 Å². The average Bonchev–Trinajstić information content (AvgIpc) is 2.53. The Kier molecular flexibility index (Phi) is 6.89. The fourth-order valence-corrected chi connectivity index (χ4v) is 3.05. The van der Waals surface area contributed by atoms with Gasteiger partial charge in [-0.15, -0.1) is 0 Å². The summed E-state index contributed by atoms with van der Waals surface area (Å²) in [6.07, 6.45) is 8.28. The summed E-state index contributed by atoms with van der Waals surface area (Å²) >= 11 is 0. The SMILES string of the molecule is C=C(CCC)C1=CCB(O)OC1CC/C(C)=C/c1cccc(O)c1. The highest BCUT2D eigenvalue weighted by atomic mass is 16.5. The van der Waals surface area contributed by atoms with Crippen molar-refractivity contribution in [3.63, 3.8) is 0 Å². The van der Waals surface area contributed by atoms with Crippen LogP contribution in [-0.4, -0.2) is 23.4 Å². The first-order valence-electron chi connectivity index (χ1n) is 8.67. The molecule has 1 atom stereocenters. The molecule has 0 aromatic heterocycles. The molecule has 0 fully saturated rings. The van der Waals surface area contributed by atoms with E-state index < -0.39 is 7.12 Å². The maximum atomic E-state index is 9.80. The third-order valence-corrected chi connectivity index (χ3v) is 4.25. The van der Waals surface area contributed by atoms with Crippen molar-refractivity contribution in [3.8, 4) is 5.75 Å². The van der Waals surface area contributed by atoms with Gasteiger partial charge in [0.1, 0.15) is 5.75 Å². The van der Waals surface area contributed by atoms with Crippen LogP contribution in [0.1, 0.15) is 45.1 Å². The zero-order valence-electron chi connectivity index (χ0n) is 14.7. The van der Waals surface area contributed by atoms with Gasteiger partial charge in [0, 0.05) is 6.32 Å². The predicted octanol–water partition coefficient (Wildman–Crippen LogP) is 4.74. The summed E-state index contributed by atoms with van der Waals surface area (Å²) in [5, 5.41) is 19.3. The summed E-state index contributed by atoms with van der Waals surface area (Å²) in [6.45, 7) is 8.39. The topological polar surface area (TPSA) is 49.7 Å². The molecule has 2 N–H and O–H groups in total. The van der Waals surface area contributed by atoms with Gasteiger partial charge < -0.3 is 14.8 Å². The van der Waals surface area contributed by atoms with E-state index >= 15 is 0 Å². The van der Waals surface area contributed by atoms with Crippen LogP contribution < -0.4 is 0 Å². The first-order chi connectivity index (χ1) is 11.5.